The van der Waals surface area contributed by atoms with Gasteiger partial charge in [0, 0.05) is 23.4 Å². The van der Waals surface area contributed by atoms with Gasteiger partial charge in [0.25, 0.3) is 0 Å². The van der Waals surface area contributed by atoms with Crippen molar-refractivity contribution < 1.29 is 18.6 Å². The van der Waals surface area contributed by atoms with Crippen LogP contribution in [0.1, 0.15) is 25.7 Å². The van der Waals surface area contributed by atoms with Gasteiger partial charge in [-0.25, -0.2) is 4.98 Å². The zero-order chi connectivity index (χ0) is 19.3. The molecule has 1 aliphatic rings. The minimum Gasteiger partial charge on any atom is -0.497 e. The number of pyridine rings is 1. The first kappa shape index (κ1) is 18.3. The SMILES string of the molecule is COc1ccc(-c2oc(OCC3CCCC3)nc2-c2ccc(OC)nc2)cc1. The molecule has 0 bridgehead atoms. The van der Waals surface area contributed by atoms with E-state index in [0.717, 1.165) is 16.9 Å². The molecule has 6 heteroatoms. The first-order valence-corrected chi connectivity index (χ1v) is 9.55. The van der Waals surface area contributed by atoms with E-state index in [9.17, 15) is 0 Å². The molecule has 0 N–H and O–H groups in total. The summed E-state index contributed by atoms with van der Waals surface area (Å²) in [7, 11) is 3.24. The van der Waals surface area contributed by atoms with E-state index >= 15 is 0 Å². The minimum atomic E-state index is 0.295. The van der Waals surface area contributed by atoms with Gasteiger partial charge in [-0.15, -0.1) is 0 Å². The average molecular weight is 380 g/mol. The molecule has 6 nitrogen and oxygen atoms in total. The highest BCUT2D eigenvalue weighted by Gasteiger charge is 2.21. The van der Waals surface area contributed by atoms with Gasteiger partial charge >= 0.3 is 6.08 Å². The van der Waals surface area contributed by atoms with Gasteiger partial charge in [-0.05, 0) is 49.1 Å². The van der Waals surface area contributed by atoms with Crippen molar-refractivity contribution in [3.8, 4) is 40.3 Å². The summed E-state index contributed by atoms with van der Waals surface area (Å²) in [5, 5.41) is 0. The number of nitrogens with zero attached hydrogens (tertiary/aromatic N) is 2. The molecule has 1 fully saturated rings. The van der Waals surface area contributed by atoms with Crippen LogP contribution in [0.15, 0.2) is 47.0 Å². The first-order valence-electron chi connectivity index (χ1n) is 9.55. The molecule has 1 aliphatic carbocycles. The normalized spacial score (nSPS) is 14.2. The number of methoxy groups -OCH3 is 2. The molecule has 0 amide bonds. The second kappa shape index (κ2) is 8.33. The molecule has 0 saturated heterocycles. The molecular weight excluding hydrogens is 356 g/mol. The summed E-state index contributed by atoms with van der Waals surface area (Å²) in [5.74, 6) is 2.57. The molecule has 2 heterocycles. The van der Waals surface area contributed by atoms with Crippen molar-refractivity contribution in [2.24, 2.45) is 5.92 Å². The fourth-order valence-electron chi connectivity index (χ4n) is 3.50. The Bertz CT molecular complexity index is 832. The summed E-state index contributed by atoms with van der Waals surface area (Å²) in [6.45, 7) is 0.642. The van der Waals surface area contributed by atoms with E-state index in [2.05, 4.69) is 9.97 Å². The summed E-state index contributed by atoms with van der Waals surface area (Å²) < 4.78 is 22.3. The van der Waals surface area contributed by atoms with Crippen molar-refractivity contribution in [2.75, 3.05) is 20.8 Å². The van der Waals surface area contributed by atoms with Crippen LogP contribution in [-0.4, -0.2) is 30.8 Å². The van der Waals surface area contributed by atoms with Crippen LogP contribution in [0.2, 0.25) is 0 Å². The Morgan fingerprint density at radius 1 is 0.964 bits per heavy atom. The Balaban J connectivity index is 1.66. The maximum Gasteiger partial charge on any atom is 0.394 e. The van der Waals surface area contributed by atoms with Gasteiger partial charge in [0.05, 0.1) is 20.8 Å². The van der Waals surface area contributed by atoms with E-state index in [-0.39, 0.29) is 0 Å². The fraction of sp³-hybridized carbons (Fsp3) is 0.364. The molecule has 146 valence electrons. The van der Waals surface area contributed by atoms with Crippen LogP contribution in [-0.2, 0) is 0 Å². The van der Waals surface area contributed by atoms with Gasteiger partial charge in [0.1, 0.15) is 11.4 Å². The molecule has 1 aromatic carbocycles. The minimum absolute atomic E-state index is 0.295. The van der Waals surface area contributed by atoms with Crippen LogP contribution in [0.3, 0.4) is 0 Å². The summed E-state index contributed by atoms with van der Waals surface area (Å²) in [6, 6.07) is 11.4. The molecule has 1 saturated carbocycles. The van der Waals surface area contributed by atoms with Gasteiger partial charge in [-0.3, -0.25) is 0 Å². The molecular formula is C22H24N2O4. The lowest BCUT2D eigenvalue weighted by atomic mass is 10.1. The Morgan fingerprint density at radius 2 is 1.71 bits per heavy atom. The van der Waals surface area contributed by atoms with Crippen molar-refractivity contribution in [1.29, 1.82) is 0 Å². The molecule has 3 aromatic rings. The van der Waals surface area contributed by atoms with Crippen LogP contribution in [0.4, 0.5) is 0 Å². The van der Waals surface area contributed by atoms with Crippen LogP contribution in [0, 0.1) is 5.92 Å². The number of benzene rings is 1. The van der Waals surface area contributed by atoms with E-state index in [1.54, 1.807) is 26.5 Å². The van der Waals surface area contributed by atoms with Gasteiger partial charge in [-0.1, -0.05) is 12.8 Å². The Morgan fingerprint density at radius 3 is 2.36 bits per heavy atom. The lowest BCUT2D eigenvalue weighted by Gasteiger charge is -2.07. The molecule has 28 heavy (non-hydrogen) atoms. The third-order valence-electron chi connectivity index (χ3n) is 5.10. The topological polar surface area (TPSA) is 66.6 Å². The fourth-order valence-corrected chi connectivity index (χ4v) is 3.50. The number of ether oxygens (including phenoxy) is 3. The first-order chi connectivity index (χ1) is 13.8. The highest BCUT2D eigenvalue weighted by atomic mass is 16.6. The molecule has 0 atom stereocenters. The van der Waals surface area contributed by atoms with Gasteiger partial charge in [0.15, 0.2) is 5.76 Å². The Kier molecular flexibility index (Phi) is 5.46. The second-order valence-corrected chi connectivity index (χ2v) is 6.94. The average Bonchev–Trinajstić information content (AvgIpc) is 3.42. The van der Waals surface area contributed by atoms with Crippen molar-refractivity contribution in [2.45, 2.75) is 25.7 Å². The lowest BCUT2D eigenvalue weighted by Crippen LogP contribution is -2.08. The van der Waals surface area contributed by atoms with Crippen molar-refractivity contribution in [3.05, 3.63) is 42.6 Å². The number of hydrogen-bond donors (Lipinski definition) is 0. The predicted octanol–water partition coefficient (Wildman–Crippen LogP) is 4.99. The number of hydrogen-bond acceptors (Lipinski definition) is 6. The second-order valence-electron chi connectivity index (χ2n) is 6.94. The summed E-state index contributed by atoms with van der Waals surface area (Å²) >= 11 is 0. The molecule has 2 aromatic heterocycles. The van der Waals surface area contributed by atoms with E-state index in [4.69, 9.17) is 18.6 Å². The van der Waals surface area contributed by atoms with Crippen molar-refractivity contribution >= 4 is 0 Å². The maximum absolute atomic E-state index is 6.01. The third kappa shape index (κ3) is 3.96. The largest absolute Gasteiger partial charge is 0.497 e. The zero-order valence-electron chi connectivity index (χ0n) is 16.2. The highest BCUT2D eigenvalue weighted by molar-refractivity contribution is 5.77. The van der Waals surface area contributed by atoms with Gasteiger partial charge in [-0.2, -0.15) is 4.98 Å². The lowest BCUT2D eigenvalue weighted by molar-refractivity contribution is 0.192. The molecule has 4 rings (SSSR count). The molecule has 0 unspecified atom stereocenters. The summed E-state index contributed by atoms with van der Waals surface area (Å²) in [5.41, 5.74) is 2.43. The van der Waals surface area contributed by atoms with Crippen LogP contribution in [0.5, 0.6) is 17.7 Å². The third-order valence-corrected chi connectivity index (χ3v) is 5.10. The van der Waals surface area contributed by atoms with Gasteiger partial charge in [0.2, 0.25) is 5.88 Å². The summed E-state index contributed by atoms with van der Waals surface area (Å²) in [6.07, 6.45) is 7.00. The van der Waals surface area contributed by atoms with E-state index in [1.807, 2.05) is 30.3 Å². The number of rotatable bonds is 7. The molecule has 0 radical (unpaired) electrons. The van der Waals surface area contributed by atoms with E-state index in [1.165, 1.54) is 25.7 Å². The summed E-state index contributed by atoms with van der Waals surface area (Å²) in [4.78, 5) is 8.90. The van der Waals surface area contributed by atoms with Crippen molar-refractivity contribution in [1.82, 2.24) is 9.97 Å². The maximum atomic E-state index is 6.01. The standard InChI is InChI=1S/C22H24N2O4/c1-25-18-10-7-16(8-11-18)21-20(17-9-12-19(26-2)23-13-17)24-22(28-21)27-14-15-5-3-4-6-15/h7-13,15H,3-6,14H2,1-2H3. The van der Waals surface area contributed by atoms with Gasteiger partial charge < -0.3 is 18.6 Å². The monoisotopic (exact) mass is 380 g/mol. The molecule has 0 spiro atoms. The predicted molar refractivity (Wildman–Crippen MR) is 106 cm³/mol. The number of aromatic nitrogens is 2. The highest BCUT2D eigenvalue weighted by Crippen LogP contribution is 2.36. The van der Waals surface area contributed by atoms with Crippen LogP contribution in [0.25, 0.3) is 22.6 Å². The van der Waals surface area contributed by atoms with E-state index < -0.39 is 0 Å². The quantitative estimate of drug-likeness (QED) is 0.575. The van der Waals surface area contributed by atoms with E-state index in [0.29, 0.717) is 35.9 Å². The zero-order valence-corrected chi connectivity index (χ0v) is 16.2. The number of oxazole rings is 1. The molecule has 0 aliphatic heterocycles. The van der Waals surface area contributed by atoms with Crippen LogP contribution >= 0.6 is 0 Å². The van der Waals surface area contributed by atoms with Crippen LogP contribution < -0.4 is 14.2 Å². The Hall–Kier alpha value is -3.02. The van der Waals surface area contributed by atoms with Crippen molar-refractivity contribution in [3.63, 3.8) is 0 Å². The smallest absolute Gasteiger partial charge is 0.394 e. The Labute approximate surface area is 164 Å².